The molecule has 0 saturated carbocycles. The van der Waals surface area contributed by atoms with Gasteiger partial charge in [0.05, 0.1) is 5.60 Å². The number of benzene rings is 2. The van der Waals surface area contributed by atoms with Crippen molar-refractivity contribution < 1.29 is 5.11 Å². The minimum Gasteiger partial charge on any atom is -0.388 e. The smallest absolute Gasteiger partial charge is 0.0833 e. The fourth-order valence-electron chi connectivity index (χ4n) is 2.13. The SMILES string of the molecule is CCNCC(C)(O)CSCc1ccc(Cl)cc1Cl.c1cc2ccc1=2. The molecule has 0 bridgehead atoms. The summed E-state index contributed by atoms with van der Waals surface area (Å²) in [6, 6.07) is 14.0. The van der Waals surface area contributed by atoms with E-state index in [0.29, 0.717) is 22.3 Å². The molecule has 3 rings (SSSR count). The molecule has 0 fully saturated rings. The Balaban J connectivity index is 0.000000282. The zero-order chi connectivity index (χ0) is 17.6. The third-order valence-electron chi connectivity index (χ3n) is 3.66. The van der Waals surface area contributed by atoms with Gasteiger partial charge in [0.15, 0.2) is 0 Å². The van der Waals surface area contributed by atoms with Crippen molar-refractivity contribution in [3.05, 3.63) is 68.5 Å². The van der Waals surface area contributed by atoms with E-state index >= 15 is 0 Å². The van der Waals surface area contributed by atoms with E-state index in [1.165, 1.54) is 10.4 Å². The minimum atomic E-state index is -0.695. The third-order valence-corrected chi connectivity index (χ3v) is 5.59. The summed E-state index contributed by atoms with van der Waals surface area (Å²) < 4.78 is 0. The zero-order valence-corrected chi connectivity index (χ0v) is 16.3. The molecule has 1 aromatic rings. The number of aliphatic hydroxyl groups is 1. The molecule has 24 heavy (non-hydrogen) atoms. The Bertz CT molecular complexity index is 714. The highest BCUT2D eigenvalue weighted by molar-refractivity contribution is 7.98. The van der Waals surface area contributed by atoms with Gasteiger partial charge in [0.1, 0.15) is 0 Å². The van der Waals surface area contributed by atoms with Crippen LogP contribution < -0.4 is 5.32 Å². The average molecular weight is 384 g/mol. The van der Waals surface area contributed by atoms with Crippen molar-refractivity contribution in [2.24, 2.45) is 0 Å². The van der Waals surface area contributed by atoms with Crippen molar-refractivity contribution in [2.45, 2.75) is 25.2 Å². The molecular weight excluding hydrogens is 361 g/mol. The monoisotopic (exact) mass is 383 g/mol. The highest BCUT2D eigenvalue weighted by atomic mass is 35.5. The van der Waals surface area contributed by atoms with Gasteiger partial charge in [0.25, 0.3) is 0 Å². The van der Waals surface area contributed by atoms with E-state index < -0.39 is 5.60 Å². The first kappa shape index (κ1) is 19.6. The molecule has 0 heterocycles. The molecule has 1 atom stereocenters. The largest absolute Gasteiger partial charge is 0.388 e. The molecule has 1 unspecified atom stereocenters. The zero-order valence-electron chi connectivity index (χ0n) is 14.0. The fraction of sp³-hybridized carbons (Fsp3) is 0.368. The van der Waals surface area contributed by atoms with E-state index in [0.717, 1.165) is 17.9 Å². The predicted molar refractivity (Wildman–Crippen MR) is 106 cm³/mol. The molecule has 2 aliphatic carbocycles. The fourth-order valence-corrected chi connectivity index (χ4v) is 3.80. The predicted octanol–water partition coefficient (Wildman–Crippen LogP) is 4.87. The van der Waals surface area contributed by atoms with Gasteiger partial charge >= 0.3 is 0 Å². The van der Waals surface area contributed by atoms with Gasteiger partial charge in [-0.3, -0.25) is 0 Å². The summed E-state index contributed by atoms with van der Waals surface area (Å²) in [5, 5.41) is 17.4. The van der Waals surface area contributed by atoms with E-state index in [4.69, 9.17) is 23.2 Å². The molecule has 0 amide bonds. The molecule has 0 aromatic heterocycles. The minimum absolute atomic E-state index is 0.602. The van der Waals surface area contributed by atoms with Crippen LogP contribution in [0.4, 0.5) is 0 Å². The van der Waals surface area contributed by atoms with Crippen molar-refractivity contribution in [2.75, 3.05) is 18.8 Å². The maximum atomic E-state index is 10.1. The molecule has 0 aliphatic heterocycles. The van der Waals surface area contributed by atoms with Crippen LogP contribution in [0, 0.1) is 10.4 Å². The normalized spacial score (nSPS) is 13.7. The number of thioether (sulfide) groups is 1. The quantitative estimate of drug-likeness (QED) is 0.609. The number of rotatable bonds is 7. The molecule has 0 saturated heterocycles. The van der Waals surface area contributed by atoms with Gasteiger partial charge in [-0.25, -0.2) is 0 Å². The Kier molecular flexibility index (Phi) is 7.45. The molecule has 1 aromatic carbocycles. The van der Waals surface area contributed by atoms with Crippen molar-refractivity contribution in [3.63, 3.8) is 0 Å². The Morgan fingerprint density at radius 1 is 1.08 bits per heavy atom. The van der Waals surface area contributed by atoms with Crippen LogP contribution in [0.15, 0.2) is 42.5 Å². The van der Waals surface area contributed by atoms with Crippen molar-refractivity contribution in [1.29, 1.82) is 0 Å². The summed E-state index contributed by atoms with van der Waals surface area (Å²) in [4.78, 5) is 0. The first-order valence-corrected chi connectivity index (χ1v) is 9.87. The van der Waals surface area contributed by atoms with Crippen LogP contribution in [-0.4, -0.2) is 29.5 Å². The molecule has 2 N–H and O–H groups in total. The highest BCUT2D eigenvalue weighted by Gasteiger charge is 2.19. The molecular formula is C19H23Cl2NOS. The van der Waals surface area contributed by atoms with Crippen LogP contribution in [0.25, 0.3) is 0 Å². The lowest BCUT2D eigenvalue weighted by Gasteiger charge is -2.23. The second-order valence-electron chi connectivity index (χ2n) is 6.08. The lowest BCUT2D eigenvalue weighted by Crippen LogP contribution is -2.39. The van der Waals surface area contributed by atoms with Gasteiger partial charge in [-0.2, -0.15) is 11.8 Å². The van der Waals surface area contributed by atoms with E-state index in [9.17, 15) is 5.11 Å². The Hall–Kier alpha value is -0.710. The number of halogens is 2. The van der Waals surface area contributed by atoms with Gasteiger partial charge in [-0.05, 0) is 41.6 Å². The Morgan fingerprint density at radius 3 is 2.17 bits per heavy atom. The van der Waals surface area contributed by atoms with Crippen LogP contribution in [0.3, 0.4) is 0 Å². The standard InChI is InChI=1S/C13H19Cl2NOS.C6H4/c1-3-16-8-13(2,17)9-18-7-10-4-5-11(14)6-12(10)15;1-2-6-4-3-5(1)6/h4-6,16-17H,3,7-9H2,1-2H3;1-4H. The second-order valence-corrected chi connectivity index (χ2v) is 7.91. The highest BCUT2D eigenvalue weighted by Crippen LogP contribution is 2.26. The van der Waals surface area contributed by atoms with Gasteiger partial charge in [0, 0.05) is 28.1 Å². The molecule has 2 aliphatic rings. The van der Waals surface area contributed by atoms with Crippen LogP contribution in [0.5, 0.6) is 0 Å². The maximum absolute atomic E-state index is 10.1. The third kappa shape index (κ3) is 5.98. The topological polar surface area (TPSA) is 32.3 Å². The number of nitrogens with one attached hydrogen (secondary N) is 1. The summed E-state index contributed by atoms with van der Waals surface area (Å²) >= 11 is 13.6. The summed E-state index contributed by atoms with van der Waals surface area (Å²) in [5.41, 5.74) is 0.352. The van der Waals surface area contributed by atoms with Crippen LogP contribution in [0.1, 0.15) is 19.4 Å². The molecule has 130 valence electrons. The molecule has 0 radical (unpaired) electrons. The average Bonchev–Trinajstić information content (AvgIpc) is 2.51. The first-order chi connectivity index (χ1) is 11.4. The van der Waals surface area contributed by atoms with Gasteiger partial charge in [-0.1, -0.05) is 60.5 Å². The van der Waals surface area contributed by atoms with Crippen LogP contribution >= 0.6 is 35.0 Å². The molecule has 0 spiro atoms. The maximum Gasteiger partial charge on any atom is 0.0833 e. The summed E-state index contributed by atoms with van der Waals surface area (Å²) in [6.07, 6.45) is 0. The van der Waals surface area contributed by atoms with Crippen molar-refractivity contribution >= 4 is 35.0 Å². The number of likely N-dealkylation sites (N-methyl/N-ethyl adjacent to an activating group) is 1. The molecule has 2 nitrogen and oxygen atoms in total. The lowest BCUT2D eigenvalue weighted by molar-refractivity contribution is 0.0855. The summed E-state index contributed by atoms with van der Waals surface area (Å²) in [6.45, 7) is 5.33. The van der Waals surface area contributed by atoms with E-state index in [1.807, 2.05) is 26.0 Å². The number of hydrogen-bond donors (Lipinski definition) is 2. The van der Waals surface area contributed by atoms with Gasteiger partial charge in [-0.15, -0.1) is 0 Å². The first-order valence-electron chi connectivity index (χ1n) is 7.96. The van der Waals surface area contributed by atoms with E-state index in [2.05, 4.69) is 29.6 Å². The summed E-state index contributed by atoms with van der Waals surface area (Å²) in [7, 11) is 0. The van der Waals surface area contributed by atoms with Gasteiger partial charge in [0.2, 0.25) is 0 Å². The van der Waals surface area contributed by atoms with E-state index in [1.54, 1.807) is 17.8 Å². The van der Waals surface area contributed by atoms with Crippen LogP contribution in [0.2, 0.25) is 10.0 Å². The Labute approximate surface area is 157 Å². The molecule has 5 heteroatoms. The van der Waals surface area contributed by atoms with Crippen LogP contribution in [-0.2, 0) is 5.75 Å². The van der Waals surface area contributed by atoms with E-state index in [-0.39, 0.29) is 0 Å². The van der Waals surface area contributed by atoms with Crippen molar-refractivity contribution in [1.82, 2.24) is 5.32 Å². The van der Waals surface area contributed by atoms with Gasteiger partial charge < -0.3 is 10.4 Å². The second kappa shape index (κ2) is 9.12. The Morgan fingerprint density at radius 2 is 1.71 bits per heavy atom. The number of hydrogen-bond acceptors (Lipinski definition) is 3. The van der Waals surface area contributed by atoms with Crippen molar-refractivity contribution in [3.8, 4) is 0 Å². The summed E-state index contributed by atoms with van der Waals surface area (Å²) in [5.74, 6) is 1.44. The lowest BCUT2D eigenvalue weighted by atomic mass is 10.1.